The Morgan fingerprint density at radius 1 is 1.44 bits per heavy atom. The number of rotatable bonds is 2. The number of nitrogens with one attached hydrogen (secondary N) is 1. The zero-order valence-corrected chi connectivity index (χ0v) is 10.3. The van der Waals surface area contributed by atoms with Crippen LogP contribution in [0.2, 0.25) is 0 Å². The fourth-order valence-corrected chi connectivity index (χ4v) is 1.17. The minimum absolute atomic E-state index is 0.175. The van der Waals surface area contributed by atoms with Gasteiger partial charge in [0.1, 0.15) is 5.60 Å². The summed E-state index contributed by atoms with van der Waals surface area (Å²) in [6.07, 6.45) is -0.720. The van der Waals surface area contributed by atoms with Gasteiger partial charge in [-0.2, -0.15) is 0 Å². The van der Waals surface area contributed by atoms with E-state index >= 15 is 0 Å². The first kappa shape index (κ1) is 13.8. The number of nitrogens with zero attached hydrogens (tertiary/aromatic N) is 1. The monoisotopic (exact) mass is 254 g/mol. The van der Waals surface area contributed by atoms with E-state index in [0.717, 1.165) is 12.1 Å². The van der Waals surface area contributed by atoms with Crippen LogP contribution in [0, 0.1) is 10.1 Å². The van der Waals surface area contributed by atoms with Gasteiger partial charge in [-0.15, -0.1) is 0 Å². The molecule has 0 atom stereocenters. The van der Waals surface area contributed by atoms with Gasteiger partial charge in [-0.1, -0.05) is 0 Å². The smallest absolute Gasteiger partial charge is 0.412 e. The predicted octanol–water partition coefficient (Wildman–Crippen LogP) is 2.65. The van der Waals surface area contributed by atoms with Gasteiger partial charge in [0, 0.05) is 6.07 Å². The van der Waals surface area contributed by atoms with E-state index < -0.39 is 28.1 Å². The fraction of sp³-hybridized carbons (Fsp3) is 0.364. The molecule has 1 aromatic rings. The van der Waals surface area contributed by atoms with Crippen LogP contribution in [0.15, 0.2) is 18.2 Å². The Hall–Kier alpha value is -2.31. The number of ether oxygens (including phenoxy) is 1. The van der Waals surface area contributed by atoms with Crippen molar-refractivity contribution in [3.63, 3.8) is 0 Å². The molecule has 98 valence electrons. The molecule has 0 bridgehead atoms. The van der Waals surface area contributed by atoms with Crippen LogP contribution in [0.25, 0.3) is 0 Å². The number of phenols is 1. The van der Waals surface area contributed by atoms with Gasteiger partial charge >= 0.3 is 11.8 Å². The van der Waals surface area contributed by atoms with Crippen LogP contribution in [0.1, 0.15) is 20.8 Å². The normalized spacial score (nSPS) is 10.8. The molecule has 0 radical (unpaired) electrons. The van der Waals surface area contributed by atoms with Crippen molar-refractivity contribution in [2.75, 3.05) is 5.32 Å². The third kappa shape index (κ3) is 3.93. The maximum atomic E-state index is 11.4. The summed E-state index contributed by atoms with van der Waals surface area (Å²) in [5.74, 6) is -0.463. The van der Waals surface area contributed by atoms with Crippen LogP contribution in [0.3, 0.4) is 0 Å². The molecule has 0 heterocycles. The summed E-state index contributed by atoms with van der Waals surface area (Å²) in [4.78, 5) is 21.3. The van der Waals surface area contributed by atoms with Crippen molar-refractivity contribution in [2.24, 2.45) is 0 Å². The van der Waals surface area contributed by atoms with E-state index in [4.69, 9.17) is 4.74 Å². The number of hydrogen-bond donors (Lipinski definition) is 2. The molecule has 0 unspecified atom stereocenters. The molecule has 7 heteroatoms. The highest BCUT2D eigenvalue weighted by Gasteiger charge is 2.18. The van der Waals surface area contributed by atoms with Gasteiger partial charge in [0.2, 0.25) is 0 Å². The number of carbonyl (C=O) groups is 1. The number of aromatic hydroxyl groups is 1. The van der Waals surface area contributed by atoms with Crippen molar-refractivity contribution < 1.29 is 19.6 Å². The minimum Gasteiger partial charge on any atom is -0.502 e. The Morgan fingerprint density at radius 3 is 2.56 bits per heavy atom. The molecular weight excluding hydrogens is 240 g/mol. The zero-order chi connectivity index (χ0) is 13.9. The first-order valence-corrected chi connectivity index (χ1v) is 5.16. The average molecular weight is 254 g/mol. The van der Waals surface area contributed by atoms with Gasteiger partial charge in [0.15, 0.2) is 5.75 Å². The van der Waals surface area contributed by atoms with E-state index in [1.807, 2.05) is 0 Å². The predicted molar refractivity (Wildman–Crippen MR) is 64.6 cm³/mol. The van der Waals surface area contributed by atoms with E-state index in [0.29, 0.717) is 0 Å². The maximum absolute atomic E-state index is 11.4. The van der Waals surface area contributed by atoms with Gasteiger partial charge in [-0.05, 0) is 32.9 Å². The van der Waals surface area contributed by atoms with Gasteiger partial charge in [0.05, 0.1) is 10.6 Å². The quantitative estimate of drug-likeness (QED) is 0.480. The Kier molecular flexibility index (Phi) is 3.75. The highest BCUT2D eigenvalue weighted by Crippen LogP contribution is 2.28. The van der Waals surface area contributed by atoms with Gasteiger partial charge in [-0.25, -0.2) is 4.79 Å². The molecule has 18 heavy (non-hydrogen) atoms. The second-order valence-electron chi connectivity index (χ2n) is 4.59. The Bertz CT molecular complexity index is 479. The summed E-state index contributed by atoms with van der Waals surface area (Å²) >= 11 is 0. The Labute approximate surface area is 104 Å². The van der Waals surface area contributed by atoms with Crippen molar-refractivity contribution in [1.29, 1.82) is 0 Å². The molecule has 1 amide bonds. The fourth-order valence-electron chi connectivity index (χ4n) is 1.17. The molecule has 0 aliphatic rings. The molecule has 1 aromatic carbocycles. The van der Waals surface area contributed by atoms with Crippen molar-refractivity contribution in [2.45, 2.75) is 26.4 Å². The van der Waals surface area contributed by atoms with E-state index in [9.17, 15) is 20.0 Å². The van der Waals surface area contributed by atoms with E-state index in [1.54, 1.807) is 20.8 Å². The lowest BCUT2D eigenvalue weighted by Gasteiger charge is -2.19. The Morgan fingerprint density at radius 2 is 2.06 bits per heavy atom. The van der Waals surface area contributed by atoms with Crippen LogP contribution in [-0.2, 0) is 4.74 Å². The molecule has 0 aromatic heterocycles. The van der Waals surface area contributed by atoms with Crippen molar-refractivity contribution in [3.05, 3.63) is 28.3 Å². The van der Waals surface area contributed by atoms with Crippen molar-refractivity contribution in [3.8, 4) is 5.75 Å². The van der Waals surface area contributed by atoms with Crippen molar-refractivity contribution >= 4 is 17.5 Å². The highest BCUT2D eigenvalue weighted by molar-refractivity contribution is 5.85. The standard InChI is InChI=1S/C11H14N2O5/c1-11(2,3)18-10(15)12-7-4-5-9(14)8(6-7)13(16)17/h4-6,14H,1-3H3,(H,12,15). The van der Waals surface area contributed by atoms with Crippen LogP contribution >= 0.6 is 0 Å². The minimum atomic E-state index is -0.740. The summed E-state index contributed by atoms with van der Waals surface area (Å²) in [5, 5.41) is 22.2. The number of amides is 1. The molecule has 7 nitrogen and oxygen atoms in total. The third-order valence-corrected chi connectivity index (χ3v) is 1.82. The third-order valence-electron chi connectivity index (χ3n) is 1.82. The molecule has 1 rings (SSSR count). The number of nitro benzene ring substituents is 1. The van der Waals surface area contributed by atoms with Gasteiger partial charge in [0.25, 0.3) is 0 Å². The second-order valence-corrected chi connectivity index (χ2v) is 4.59. The number of carbonyl (C=O) groups excluding carboxylic acids is 1. The SMILES string of the molecule is CC(C)(C)OC(=O)Nc1ccc(O)c([N+](=O)[O-])c1. The summed E-state index contributed by atoms with van der Waals surface area (Å²) in [6, 6.07) is 3.52. The van der Waals surface area contributed by atoms with Crippen LogP contribution in [0.4, 0.5) is 16.2 Å². The number of phenolic OH excluding ortho intramolecular Hbond substituents is 1. The van der Waals surface area contributed by atoms with E-state index in [2.05, 4.69) is 5.32 Å². The van der Waals surface area contributed by atoms with Gasteiger partial charge in [-0.3, -0.25) is 15.4 Å². The molecule has 0 fully saturated rings. The molecular formula is C11H14N2O5. The summed E-state index contributed by atoms with van der Waals surface area (Å²) in [5.41, 5.74) is -0.968. The number of anilines is 1. The lowest BCUT2D eigenvalue weighted by Crippen LogP contribution is -2.27. The summed E-state index contributed by atoms with van der Waals surface area (Å²) in [7, 11) is 0. The van der Waals surface area contributed by atoms with Crippen LogP contribution in [0.5, 0.6) is 5.75 Å². The van der Waals surface area contributed by atoms with Crippen LogP contribution in [-0.4, -0.2) is 21.7 Å². The largest absolute Gasteiger partial charge is 0.502 e. The average Bonchev–Trinajstić information content (AvgIpc) is 2.17. The zero-order valence-electron chi connectivity index (χ0n) is 10.3. The first-order valence-electron chi connectivity index (χ1n) is 5.16. The maximum Gasteiger partial charge on any atom is 0.412 e. The van der Waals surface area contributed by atoms with E-state index in [1.165, 1.54) is 6.07 Å². The van der Waals surface area contributed by atoms with Crippen LogP contribution < -0.4 is 5.32 Å². The summed E-state index contributed by atoms with van der Waals surface area (Å²) < 4.78 is 4.99. The lowest BCUT2D eigenvalue weighted by molar-refractivity contribution is -0.385. The lowest BCUT2D eigenvalue weighted by atomic mass is 10.2. The molecule has 0 saturated carbocycles. The molecule has 0 aliphatic heterocycles. The van der Waals surface area contributed by atoms with Gasteiger partial charge < -0.3 is 9.84 Å². The summed E-state index contributed by atoms with van der Waals surface area (Å²) in [6.45, 7) is 5.10. The highest BCUT2D eigenvalue weighted by atomic mass is 16.6. The number of benzene rings is 1. The molecule has 0 spiro atoms. The van der Waals surface area contributed by atoms with Crippen molar-refractivity contribution in [1.82, 2.24) is 0 Å². The second kappa shape index (κ2) is 4.91. The Balaban J connectivity index is 2.83. The molecule has 2 N–H and O–H groups in total. The number of hydrogen-bond acceptors (Lipinski definition) is 5. The first-order chi connectivity index (χ1) is 8.19. The topological polar surface area (TPSA) is 102 Å². The molecule has 0 aliphatic carbocycles. The number of nitro groups is 1. The van der Waals surface area contributed by atoms with E-state index in [-0.39, 0.29) is 5.69 Å². The molecule has 0 saturated heterocycles.